The highest BCUT2D eigenvalue weighted by atomic mass is 35.5. The zero-order chi connectivity index (χ0) is 17.5. The summed E-state index contributed by atoms with van der Waals surface area (Å²) < 4.78 is 40.9. The van der Waals surface area contributed by atoms with Gasteiger partial charge < -0.3 is 4.98 Å². The van der Waals surface area contributed by atoms with Crippen LogP contribution in [0.3, 0.4) is 0 Å². The lowest BCUT2D eigenvalue weighted by atomic mass is 10.1. The van der Waals surface area contributed by atoms with Crippen molar-refractivity contribution < 1.29 is 12.8 Å². The molecule has 0 radical (unpaired) electrons. The van der Waals surface area contributed by atoms with E-state index in [1.807, 2.05) is 0 Å². The van der Waals surface area contributed by atoms with E-state index in [2.05, 4.69) is 9.71 Å². The largest absolute Gasteiger partial charge is 0.322 e. The van der Waals surface area contributed by atoms with E-state index >= 15 is 0 Å². The quantitative estimate of drug-likeness (QED) is 0.745. The SMILES string of the molecule is Cc1cc2cc(NS(=O)(=O)c3ccc(Cl)cc3F)ccc2[nH]c1=O. The summed E-state index contributed by atoms with van der Waals surface area (Å²) in [6.45, 7) is 1.65. The molecular formula is C16H12ClFN2O3S. The summed E-state index contributed by atoms with van der Waals surface area (Å²) in [6, 6.07) is 9.60. The Hall–Kier alpha value is -2.38. The van der Waals surface area contributed by atoms with Crippen LogP contribution in [0.1, 0.15) is 5.56 Å². The van der Waals surface area contributed by atoms with Gasteiger partial charge in [0.2, 0.25) is 0 Å². The number of sulfonamides is 1. The number of halogens is 2. The second-order valence-electron chi connectivity index (χ2n) is 5.26. The van der Waals surface area contributed by atoms with Crippen LogP contribution < -0.4 is 10.3 Å². The first-order valence-electron chi connectivity index (χ1n) is 6.88. The second-order valence-corrected chi connectivity index (χ2v) is 7.35. The third kappa shape index (κ3) is 3.13. The van der Waals surface area contributed by atoms with E-state index in [-0.39, 0.29) is 16.3 Å². The molecule has 0 saturated heterocycles. The Kier molecular flexibility index (Phi) is 4.06. The van der Waals surface area contributed by atoms with Gasteiger partial charge in [0.15, 0.2) is 0 Å². The van der Waals surface area contributed by atoms with Crippen LogP contribution in [0, 0.1) is 12.7 Å². The van der Waals surface area contributed by atoms with Crippen LogP contribution in [0.15, 0.2) is 52.2 Å². The Balaban J connectivity index is 2.02. The lowest BCUT2D eigenvalue weighted by Gasteiger charge is -2.10. The molecule has 5 nitrogen and oxygen atoms in total. The van der Waals surface area contributed by atoms with E-state index in [4.69, 9.17) is 11.6 Å². The van der Waals surface area contributed by atoms with Crippen LogP contribution >= 0.6 is 11.6 Å². The first-order valence-corrected chi connectivity index (χ1v) is 8.74. The fraction of sp³-hybridized carbons (Fsp3) is 0.0625. The third-order valence-corrected chi connectivity index (χ3v) is 5.12. The van der Waals surface area contributed by atoms with Crippen LogP contribution in [0.5, 0.6) is 0 Å². The number of aromatic nitrogens is 1. The molecule has 0 aliphatic heterocycles. The lowest BCUT2D eigenvalue weighted by Crippen LogP contribution is -2.15. The number of aryl methyl sites for hydroxylation is 1. The normalized spacial score (nSPS) is 11.6. The minimum absolute atomic E-state index is 0.108. The molecular weight excluding hydrogens is 355 g/mol. The molecule has 2 N–H and O–H groups in total. The molecule has 0 aliphatic carbocycles. The molecule has 0 amide bonds. The number of pyridine rings is 1. The first kappa shape index (κ1) is 16.5. The molecule has 0 spiro atoms. The minimum atomic E-state index is -4.10. The summed E-state index contributed by atoms with van der Waals surface area (Å²) in [5.74, 6) is -0.934. The van der Waals surface area contributed by atoms with E-state index in [1.54, 1.807) is 25.1 Å². The predicted molar refractivity (Wildman–Crippen MR) is 91.5 cm³/mol. The Morgan fingerprint density at radius 3 is 2.58 bits per heavy atom. The molecule has 124 valence electrons. The van der Waals surface area contributed by atoms with Crippen molar-refractivity contribution in [2.24, 2.45) is 0 Å². The van der Waals surface area contributed by atoms with Gasteiger partial charge in [-0.05, 0) is 49.4 Å². The topological polar surface area (TPSA) is 79.0 Å². The van der Waals surface area contributed by atoms with Crippen molar-refractivity contribution in [3.05, 3.63) is 69.2 Å². The maximum atomic E-state index is 13.9. The van der Waals surface area contributed by atoms with Crippen molar-refractivity contribution in [3.63, 3.8) is 0 Å². The van der Waals surface area contributed by atoms with Crippen molar-refractivity contribution in [1.82, 2.24) is 4.98 Å². The molecule has 0 bridgehead atoms. The molecule has 0 atom stereocenters. The van der Waals surface area contributed by atoms with Gasteiger partial charge >= 0.3 is 0 Å². The monoisotopic (exact) mass is 366 g/mol. The van der Waals surface area contributed by atoms with Gasteiger partial charge in [0, 0.05) is 27.2 Å². The molecule has 3 rings (SSSR count). The number of hydrogen-bond donors (Lipinski definition) is 2. The Bertz CT molecular complexity index is 1110. The predicted octanol–water partition coefficient (Wildman–Crippen LogP) is 3.43. The number of aromatic amines is 1. The molecule has 1 heterocycles. The van der Waals surface area contributed by atoms with Crippen molar-refractivity contribution in [1.29, 1.82) is 0 Å². The number of H-pyrrole nitrogens is 1. The molecule has 0 fully saturated rings. The molecule has 0 saturated carbocycles. The zero-order valence-corrected chi connectivity index (χ0v) is 14.0. The standard InChI is InChI=1S/C16H12ClFN2O3S/c1-9-6-10-7-12(3-4-14(10)19-16(9)21)20-24(22,23)15-5-2-11(17)8-13(15)18/h2-8,20H,1H3,(H,19,21). The van der Waals surface area contributed by atoms with Gasteiger partial charge in [0.25, 0.3) is 15.6 Å². The molecule has 0 aliphatic rings. The van der Waals surface area contributed by atoms with Crippen molar-refractivity contribution in [2.75, 3.05) is 4.72 Å². The number of benzene rings is 2. The van der Waals surface area contributed by atoms with Crippen molar-refractivity contribution in [2.45, 2.75) is 11.8 Å². The smallest absolute Gasteiger partial charge is 0.264 e. The molecule has 2 aromatic carbocycles. The van der Waals surface area contributed by atoms with Gasteiger partial charge in [-0.2, -0.15) is 0 Å². The summed E-state index contributed by atoms with van der Waals surface area (Å²) in [7, 11) is -4.10. The Labute approximate surface area is 142 Å². The second kappa shape index (κ2) is 5.92. The van der Waals surface area contributed by atoms with Crippen LogP contribution in [0.4, 0.5) is 10.1 Å². The van der Waals surface area contributed by atoms with Gasteiger partial charge in [-0.15, -0.1) is 0 Å². The average Bonchev–Trinajstić information content (AvgIpc) is 2.48. The highest BCUT2D eigenvalue weighted by Gasteiger charge is 2.19. The molecule has 3 aromatic rings. The summed E-state index contributed by atoms with van der Waals surface area (Å²) in [6.07, 6.45) is 0. The van der Waals surface area contributed by atoms with Crippen LogP contribution in [-0.2, 0) is 10.0 Å². The van der Waals surface area contributed by atoms with Crippen LogP contribution in [-0.4, -0.2) is 13.4 Å². The van der Waals surface area contributed by atoms with Crippen LogP contribution in [0.25, 0.3) is 10.9 Å². The van der Waals surface area contributed by atoms with E-state index in [9.17, 15) is 17.6 Å². The van der Waals surface area contributed by atoms with E-state index in [0.29, 0.717) is 16.5 Å². The summed E-state index contributed by atoms with van der Waals surface area (Å²) >= 11 is 5.64. The fourth-order valence-corrected chi connectivity index (χ4v) is 3.55. The van der Waals surface area contributed by atoms with Crippen LogP contribution in [0.2, 0.25) is 5.02 Å². The van der Waals surface area contributed by atoms with Gasteiger partial charge in [0.05, 0.1) is 0 Å². The number of fused-ring (bicyclic) bond motifs is 1. The van der Waals surface area contributed by atoms with Gasteiger partial charge in [-0.1, -0.05) is 11.6 Å². The first-order chi connectivity index (χ1) is 11.3. The highest BCUT2D eigenvalue weighted by molar-refractivity contribution is 7.92. The number of rotatable bonds is 3. The average molecular weight is 367 g/mol. The third-order valence-electron chi connectivity index (χ3n) is 3.47. The molecule has 1 aromatic heterocycles. The van der Waals surface area contributed by atoms with Crippen molar-refractivity contribution in [3.8, 4) is 0 Å². The van der Waals surface area contributed by atoms with Gasteiger partial charge in [-0.25, -0.2) is 12.8 Å². The van der Waals surface area contributed by atoms with Gasteiger partial charge in [0.1, 0.15) is 10.7 Å². The summed E-state index contributed by atoms with van der Waals surface area (Å²) in [4.78, 5) is 13.8. The van der Waals surface area contributed by atoms with Crippen molar-refractivity contribution >= 4 is 38.2 Å². The lowest BCUT2D eigenvalue weighted by molar-refractivity contribution is 0.570. The number of nitrogens with one attached hydrogen (secondary N) is 2. The zero-order valence-electron chi connectivity index (χ0n) is 12.4. The van der Waals surface area contributed by atoms with Gasteiger partial charge in [-0.3, -0.25) is 9.52 Å². The maximum absolute atomic E-state index is 13.9. The van der Waals surface area contributed by atoms with E-state index < -0.39 is 20.7 Å². The maximum Gasteiger partial charge on any atom is 0.264 e. The fourth-order valence-electron chi connectivity index (χ4n) is 2.28. The minimum Gasteiger partial charge on any atom is -0.322 e. The molecule has 8 heteroatoms. The van der Waals surface area contributed by atoms with E-state index in [1.165, 1.54) is 12.1 Å². The molecule has 24 heavy (non-hydrogen) atoms. The van der Waals surface area contributed by atoms with E-state index in [0.717, 1.165) is 12.1 Å². The number of hydrogen-bond acceptors (Lipinski definition) is 3. The summed E-state index contributed by atoms with van der Waals surface area (Å²) in [5, 5.41) is 0.764. The Morgan fingerprint density at radius 2 is 1.88 bits per heavy atom. The molecule has 0 unspecified atom stereocenters. The number of anilines is 1. The highest BCUT2D eigenvalue weighted by Crippen LogP contribution is 2.23. The Morgan fingerprint density at radius 1 is 1.12 bits per heavy atom. The summed E-state index contributed by atoms with van der Waals surface area (Å²) in [5.41, 5.74) is 1.12.